The van der Waals surface area contributed by atoms with Crippen LogP contribution in [0.25, 0.3) is 0 Å². The van der Waals surface area contributed by atoms with Gasteiger partial charge < -0.3 is 14.6 Å². The first kappa shape index (κ1) is 14.8. The molecule has 1 N–H and O–H groups in total. The summed E-state index contributed by atoms with van der Waals surface area (Å²) in [5.41, 5.74) is 0.351. The first-order chi connectivity index (χ1) is 9.08. The van der Waals surface area contributed by atoms with E-state index in [1.165, 1.54) is 0 Å². The summed E-state index contributed by atoms with van der Waals surface area (Å²) in [6.45, 7) is 4.62. The van der Waals surface area contributed by atoms with Crippen molar-refractivity contribution in [2.45, 2.75) is 13.8 Å². The molecular weight excluding hydrogens is 248 g/mol. The number of hydrogen-bond donors (Lipinski definition) is 1. The Bertz CT molecular complexity index is 491. The molecule has 5 nitrogen and oxygen atoms in total. The number of carbonyl (C=O) groups is 2. The Labute approximate surface area is 111 Å². The van der Waals surface area contributed by atoms with Crippen LogP contribution in [0.2, 0.25) is 0 Å². The predicted molar refractivity (Wildman–Crippen MR) is 69.9 cm³/mol. The number of ether oxygens (including phenoxy) is 2. The van der Waals surface area contributed by atoms with E-state index < -0.39 is 11.8 Å². The van der Waals surface area contributed by atoms with Crippen molar-refractivity contribution in [2.75, 3.05) is 13.2 Å². The maximum absolute atomic E-state index is 11.7. The van der Waals surface area contributed by atoms with Crippen molar-refractivity contribution in [3.8, 4) is 11.5 Å². The second kappa shape index (κ2) is 7.20. The van der Waals surface area contributed by atoms with Crippen LogP contribution in [-0.2, 0) is 4.79 Å². The van der Waals surface area contributed by atoms with Crippen LogP contribution < -0.4 is 9.47 Å². The van der Waals surface area contributed by atoms with Crippen molar-refractivity contribution in [1.29, 1.82) is 0 Å². The van der Waals surface area contributed by atoms with E-state index in [0.29, 0.717) is 30.3 Å². The summed E-state index contributed by atoms with van der Waals surface area (Å²) in [6, 6.07) is 4.75. The molecule has 1 aromatic carbocycles. The zero-order valence-corrected chi connectivity index (χ0v) is 10.9. The van der Waals surface area contributed by atoms with Gasteiger partial charge in [-0.1, -0.05) is 0 Å². The Kier molecular flexibility index (Phi) is 5.60. The van der Waals surface area contributed by atoms with Gasteiger partial charge in [-0.15, -0.1) is 0 Å². The van der Waals surface area contributed by atoms with Crippen LogP contribution in [0.4, 0.5) is 0 Å². The summed E-state index contributed by atoms with van der Waals surface area (Å²) >= 11 is 0. The van der Waals surface area contributed by atoms with Crippen molar-refractivity contribution >= 4 is 11.8 Å². The highest BCUT2D eigenvalue weighted by Crippen LogP contribution is 2.28. The first-order valence-corrected chi connectivity index (χ1v) is 5.93. The molecule has 0 radical (unpaired) electrons. The second-order valence-electron chi connectivity index (χ2n) is 3.56. The fourth-order valence-electron chi connectivity index (χ4n) is 1.45. The maximum Gasteiger partial charge on any atom is 0.328 e. The van der Waals surface area contributed by atoms with Crippen LogP contribution in [0.15, 0.2) is 30.4 Å². The van der Waals surface area contributed by atoms with Gasteiger partial charge in [0.2, 0.25) is 0 Å². The van der Waals surface area contributed by atoms with Crippen LogP contribution in [0.3, 0.4) is 0 Å². The number of allylic oxidation sites excluding steroid dienone is 1. The van der Waals surface area contributed by atoms with E-state index in [1.807, 2.05) is 13.8 Å². The summed E-state index contributed by atoms with van der Waals surface area (Å²) in [6.07, 6.45) is 1.81. The summed E-state index contributed by atoms with van der Waals surface area (Å²) < 4.78 is 10.8. The highest BCUT2D eigenvalue weighted by Gasteiger charge is 2.09. The van der Waals surface area contributed by atoms with Gasteiger partial charge in [0.1, 0.15) is 0 Å². The number of hydrogen-bond acceptors (Lipinski definition) is 4. The monoisotopic (exact) mass is 264 g/mol. The van der Waals surface area contributed by atoms with Gasteiger partial charge in [-0.2, -0.15) is 0 Å². The molecule has 0 saturated heterocycles. The Morgan fingerprint density at radius 1 is 1.11 bits per heavy atom. The minimum absolute atomic E-state index is 0.351. The number of carboxylic acids is 1. The lowest BCUT2D eigenvalue weighted by Crippen LogP contribution is -2.02. The molecule has 0 amide bonds. The molecule has 0 heterocycles. The molecule has 0 spiro atoms. The third-order valence-electron chi connectivity index (χ3n) is 2.21. The van der Waals surface area contributed by atoms with E-state index in [2.05, 4.69) is 0 Å². The van der Waals surface area contributed by atoms with Crippen molar-refractivity contribution in [3.63, 3.8) is 0 Å². The minimum Gasteiger partial charge on any atom is -0.490 e. The van der Waals surface area contributed by atoms with E-state index >= 15 is 0 Å². The van der Waals surface area contributed by atoms with Crippen molar-refractivity contribution in [3.05, 3.63) is 35.9 Å². The average Bonchev–Trinajstić information content (AvgIpc) is 2.38. The SMILES string of the molecule is CCOc1ccc(C(=O)C=CC(=O)O)cc1OCC. The van der Waals surface area contributed by atoms with Crippen molar-refractivity contribution in [2.24, 2.45) is 0 Å². The Hall–Kier alpha value is -2.30. The number of aliphatic carboxylic acids is 1. The predicted octanol–water partition coefficient (Wildman–Crippen LogP) is 2.31. The molecule has 1 rings (SSSR count). The average molecular weight is 264 g/mol. The smallest absolute Gasteiger partial charge is 0.328 e. The lowest BCUT2D eigenvalue weighted by Gasteiger charge is -2.11. The molecule has 0 unspecified atom stereocenters. The van der Waals surface area contributed by atoms with E-state index in [0.717, 1.165) is 12.2 Å². The number of benzene rings is 1. The number of ketones is 1. The van der Waals surface area contributed by atoms with Crippen LogP contribution in [0.1, 0.15) is 24.2 Å². The third-order valence-corrected chi connectivity index (χ3v) is 2.21. The van der Waals surface area contributed by atoms with Crippen LogP contribution >= 0.6 is 0 Å². The summed E-state index contributed by atoms with van der Waals surface area (Å²) in [7, 11) is 0. The van der Waals surface area contributed by atoms with Crippen LogP contribution in [-0.4, -0.2) is 30.1 Å². The fraction of sp³-hybridized carbons (Fsp3) is 0.286. The number of carboxylic acid groups (broad SMARTS) is 1. The quantitative estimate of drug-likeness (QED) is 0.604. The maximum atomic E-state index is 11.7. The lowest BCUT2D eigenvalue weighted by atomic mass is 10.1. The highest BCUT2D eigenvalue weighted by molar-refractivity contribution is 6.07. The largest absolute Gasteiger partial charge is 0.490 e. The zero-order chi connectivity index (χ0) is 14.3. The third kappa shape index (κ3) is 4.46. The van der Waals surface area contributed by atoms with Gasteiger partial charge in [-0.3, -0.25) is 4.79 Å². The molecule has 0 aliphatic heterocycles. The van der Waals surface area contributed by atoms with Gasteiger partial charge in [0.05, 0.1) is 13.2 Å². The minimum atomic E-state index is -1.16. The molecule has 5 heteroatoms. The lowest BCUT2D eigenvalue weighted by molar-refractivity contribution is -0.131. The molecular formula is C14H16O5. The molecule has 0 saturated carbocycles. The van der Waals surface area contributed by atoms with E-state index in [-0.39, 0.29) is 0 Å². The second-order valence-corrected chi connectivity index (χ2v) is 3.56. The Balaban J connectivity index is 3.00. The van der Waals surface area contributed by atoms with E-state index in [4.69, 9.17) is 14.6 Å². The van der Waals surface area contributed by atoms with E-state index in [1.54, 1.807) is 18.2 Å². The zero-order valence-electron chi connectivity index (χ0n) is 10.9. The molecule has 1 aromatic rings. The van der Waals surface area contributed by atoms with Gasteiger partial charge in [0.15, 0.2) is 17.3 Å². The van der Waals surface area contributed by atoms with Gasteiger partial charge in [0.25, 0.3) is 0 Å². The normalized spacial score (nSPS) is 10.4. The van der Waals surface area contributed by atoms with Crippen molar-refractivity contribution < 1.29 is 24.2 Å². The summed E-state index contributed by atoms with van der Waals surface area (Å²) in [4.78, 5) is 22.1. The van der Waals surface area contributed by atoms with Crippen molar-refractivity contribution in [1.82, 2.24) is 0 Å². The molecule has 0 aliphatic carbocycles. The summed E-state index contributed by atoms with van der Waals surface area (Å²) in [5.74, 6) is -0.530. The molecule has 0 aromatic heterocycles. The van der Waals surface area contributed by atoms with E-state index in [9.17, 15) is 9.59 Å². The van der Waals surface area contributed by atoms with Crippen LogP contribution in [0, 0.1) is 0 Å². The molecule has 19 heavy (non-hydrogen) atoms. The topological polar surface area (TPSA) is 72.8 Å². The molecule has 0 bridgehead atoms. The van der Waals surface area contributed by atoms with Crippen LogP contribution in [0.5, 0.6) is 11.5 Å². The fourth-order valence-corrected chi connectivity index (χ4v) is 1.45. The molecule has 102 valence electrons. The molecule has 0 fully saturated rings. The molecule has 0 atom stereocenters. The van der Waals surface area contributed by atoms with Gasteiger partial charge >= 0.3 is 5.97 Å². The Morgan fingerprint density at radius 2 is 1.74 bits per heavy atom. The number of rotatable bonds is 7. The Morgan fingerprint density at radius 3 is 2.32 bits per heavy atom. The molecule has 0 aliphatic rings. The van der Waals surface area contributed by atoms with Gasteiger partial charge in [-0.05, 0) is 38.1 Å². The summed E-state index contributed by atoms with van der Waals surface area (Å²) in [5, 5.41) is 8.48. The first-order valence-electron chi connectivity index (χ1n) is 5.93. The number of carbonyl (C=O) groups excluding carboxylic acids is 1. The highest BCUT2D eigenvalue weighted by atomic mass is 16.5. The van der Waals surface area contributed by atoms with Gasteiger partial charge in [-0.25, -0.2) is 4.79 Å². The standard InChI is InChI=1S/C14H16O5/c1-3-18-12-7-5-10(9-13(12)19-4-2)11(15)6-8-14(16)17/h5-9H,3-4H2,1-2H3,(H,16,17). The van der Waals surface area contributed by atoms with Gasteiger partial charge in [0, 0.05) is 11.6 Å².